The highest BCUT2D eigenvalue weighted by Gasteiger charge is 2.23. The second kappa shape index (κ2) is 7.11. The molecule has 1 heterocycles. The molecule has 5 heteroatoms. The Hall–Kier alpha value is -2.04. The number of anilines is 1. The molecule has 0 spiro atoms. The third kappa shape index (κ3) is 3.74. The van der Waals surface area contributed by atoms with Crippen molar-refractivity contribution in [2.24, 2.45) is 0 Å². The molecule has 0 N–H and O–H groups in total. The number of hydrogen-bond acceptors (Lipinski definition) is 4. The summed E-state index contributed by atoms with van der Waals surface area (Å²) in [7, 11) is 0. The van der Waals surface area contributed by atoms with E-state index in [0.29, 0.717) is 25.2 Å². The van der Waals surface area contributed by atoms with Crippen LogP contribution in [0.1, 0.15) is 33.1 Å². The molecule has 1 fully saturated rings. The topological polar surface area (TPSA) is 55.8 Å². The van der Waals surface area contributed by atoms with Gasteiger partial charge in [-0.3, -0.25) is 4.79 Å². The Morgan fingerprint density at radius 2 is 2.19 bits per heavy atom. The molecular formula is C16H21NO4. The largest absolute Gasteiger partial charge is 0.479 e. The lowest BCUT2D eigenvalue weighted by Crippen LogP contribution is -2.29. The quantitative estimate of drug-likeness (QED) is 0.756. The average Bonchev–Trinajstić information content (AvgIpc) is 2.91. The minimum atomic E-state index is -0.616. The van der Waals surface area contributed by atoms with Crippen LogP contribution in [0.25, 0.3) is 0 Å². The van der Waals surface area contributed by atoms with Crippen LogP contribution < -0.4 is 9.64 Å². The molecule has 0 aromatic heterocycles. The number of esters is 1. The van der Waals surface area contributed by atoms with Crippen LogP contribution in [0.5, 0.6) is 5.75 Å². The summed E-state index contributed by atoms with van der Waals surface area (Å²) in [6.45, 7) is 4.71. The maximum Gasteiger partial charge on any atom is 0.347 e. The maximum atomic E-state index is 11.8. The van der Waals surface area contributed by atoms with Crippen molar-refractivity contribution in [2.45, 2.75) is 39.2 Å². The minimum absolute atomic E-state index is 0.129. The van der Waals surface area contributed by atoms with Crippen LogP contribution in [0.2, 0.25) is 0 Å². The van der Waals surface area contributed by atoms with Gasteiger partial charge in [0.15, 0.2) is 6.10 Å². The molecule has 1 aromatic rings. The van der Waals surface area contributed by atoms with E-state index in [4.69, 9.17) is 9.47 Å². The lowest BCUT2D eigenvalue weighted by Gasteiger charge is -2.19. The number of carbonyl (C=O) groups excluding carboxylic acids is 2. The molecule has 2 rings (SSSR count). The van der Waals surface area contributed by atoms with Gasteiger partial charge in [0.25, 0.3) is 0 Å². The zero-order valence-electron chi connectivity index (χ0n) is 12.5. The van der Waals surface area contributed by atoms with Gasteiger partial charge < -0.3 is 14.4 Å². The monoisotopic (exact) mass is 291 g/mol. The molecular weight excluding hydrogens is 270 g/mol. The molecule has 1 amide bonds. The number of nitrogens with zero attached hydrogens (tertiary/aromatic N) is 1. The number of ether oxygens (including phenoxy) is 2. The maximum absolute atomic E-state index is 11.8. The molecule has 1 saturated heterocycles. The molecule has 114 valence electrons. The number of rotatable bonds is 6. The summed E-state index contributed by atoms with van der Waals surface area (Å²) in [5, 5.41) is 0. The summed E-state index contributed by atoms with van der Waals surface area (Å²) in [5.41, 5.74) is 0.814. The SMILES string of the molecule is CCOC(=O)C(CC)Oc1cccc(N2CCCC2=O)c1. The van der Waals surface area contributed by atoms with Gasteiger partial charge >= 0.3 is 5.97 Å². The average molecular weight is 291 g/mol. The Balaban J connectivity index is 2.09. The van der Waals surface area contributed by atoms with E-state index in [1.54, 1.807) is 24.0 Å². The Morgan fingerprint density at radius 1 is 1.38 bits per heavy atom. The second-order valence-electron chi connectivity index (χ2n) is 4.91. The highest BCUT2D eigenvalue weighted by Crippen LogP contribution is 2.26. The molecule has 0 bridgehead atoms. The van der Waals surface area contributed by atoms with Crippen LogP contribution >= 0.6 is 0 Å². The van der Waals surface area contributed by atoms with Crippen molar-refractivity contribution >= 4 is 17.6 Å². The molecule has 0 saturated carbocycles. The lowest BCUT2D eigenvalue weighted by atomic mass is 10.2. The van der Waals surface area contributed by atoms with Crippen molar-refractivity contribution in [1.82, 2.24) is 0 Å². The fourth-order valence-electron chi connectivity index (χ4n) is 2.34. The Morgan fingerprint density at radius 3 is 2.81 bits per heavy atom. The summed E-state index contributed by atoms with van der Waals surface area (Å²) in [5.74, 6) is 0.347. The Kier molecular flexibility index (Phi) is 5.20. The minimum Gasteiger partial charge on any atom is -0.479 e. The van der Waals surface area contributed by atoms with Gasteiger partial charge in [-0.2, -0.15) is 0 Å². The van der Waals surface area contributed by atoms with Gasteiger partial charge in [-0.25, -0.2) is 4.79 Å². The summed E-state index contributed by atoms with van der Waals surface area (Å²) in [6.07, 6.45) is 1.39. The number of carbonyl (C=O) groups is 2. The third-order valence-corrected chi connectivity index (χ3v) is 3.40. The predicted octanol–water partition coefficient (Wildman–Crippen LogP) is 2.53. The molecule has 5 nitrogen and oxygen atoms in total. The van der Waals surface area contributed by atoms with Crippen molar-refractivity contribution in [2.75, 3.05) is 18.1 Å². The van der Waals surface area contributed by atoms with Gasteiger partial charge in [-0.05, 0) is 31.9 Å². The van der Waals surface area contributed by atoms with Crippen molar-refractivity contribution in [3.63, 3.8) is 0 Å². The normalized spacial score (nSPS) is 15.9. The second-order valence-corrected chi connectivity index (χ2v) is 4.91. The van der Waals surface area contributed by atoms with Gasteiger partial charge in [0.1, 0.15) is 5.75 Å². The molecule has 0 radical (unpaired) electrons. The molecule has 1 aromatic carbocycles. The van der Waals surface area contributed by atoms with Crippen molar-refractivity contribution in [3.05, 3.63) is 24.3 Å². The molecule has 1 aliphatic heterocycles. The predicted molar refractivity (Wildman–Crippen MR) is 79.4 cm³/mol. The van der Waals surface area contributed by atoms with Crippen molar-refractivity contribution in [3.8, 4) is 5.75 Å². The Labute approximate surface area is 124 Å². The van der Waals surface area contributed by atoms with E-state index in [1.807, 2.05) is 19.1 Å². The number of amides is 1. The number of hydrogen-bond donors (Lipinski definition) is 0. The molecule has 1 aliphatic rings. The van der Waals surface area contributed by atoms with E-state index < -0.39 is 6.10 Å². The van der Waals surface area contributed by atoms with Crippen molar-refractivity contribution in [1.29, 1.82) is 0 Å². The van der Waals surface area contributed by atoms with Gasteiger partial charge in [0, 0.05) is 24.7 Å². The van der Waals surface area contributed by atoms with E-state index in [9.17, 15) is 9.59 Å². The van der Waals surface area contributed by atoms with E-state index in [-0.39, 0.29) is 11.9 Å². The first-order chi connectivity index (χ1) is 10.2. The fraction of sp³-hybridized carbons (Fsp3) is 0.500. The smallest absolute Gasteiger partial charge is 0.347 e. The lowest BCUT2D eigenvalue weighted by molar-refractivity contribution is -0.151. The zero-order valence-corrected chi connectivity index (χ0v) is 12.5. The molecule has 1 unspecified atom stereocenters. The highest BCUT2D eigenvalue weighted by atomic mass is 16.6. The van der Waals surface area contributed by atoms with Crippen LogP contribution in [-0.2, 0) is 14.3 Å². The van der Waals surface area contributed by atoms with Gasteiger partial charge in [-0.1, -0.05) is 13.0 Å². The first-order valence-corrected chi connectivity index (χ1v) is 7.39. The first kappa shape index (κ1) is 15.4. The van der Waals surface area contributed by atoms with E-state index in [2.05, 4.69) is 0 Å². The van der Waals surface area contributed by atoms with Crippen molar-refractivity contribution < 1.29 is 19.1 Å². The number of benzene rings is 1. The summed E-state index contributed by atoms with van der Waals surface area (Å²) in [6, 6.07) is 7.28. The summed E-state index contributed by atoms with van der Waals surface area (Å²) in [4.78, 5) is 25.3. The van der Waals surface area contributed by atoms with Crippen LogP contribution in [0.4, 0.5) is 5.69 Å². The molecule has 0 aliphatic carbocycles. The summed E-state index contributed by atoms with van der Waals surface area (Å²) < 4.78 is 10.7. The van der Waals surface area contributed by atoms with E-state index in [1.165, 1.54) is 0 Å². The van der Waals surface area contributed by atoms with E-state index >= 15 is 0 Å². The highest BCUT2D eigenvalue weighted by molar-refractivity contribution is 5.95. The van der Waals surface area contributed by atoms with E-state index in [0.717, 1.165) is 18.7 Å². The van der Waals surface area contributed by atoms with Gasteiger partial charge in [0.05, 0.1) is 6.61 Å². The van der Waals surface area contributed by atoms with Crippen LogP contribution in [0, 0.1) is 0 Å². The van der Waals surface area contributed by atoms with Gasteiger partial charge in [0.2, 0.25) is 5.91 Å². The van der Waals surface area contributed by atoms with Gasteiger partial charge in [-0.15, -0.1) is 0 Å². The van der Waals surface area contributed by atoms with Crippen LogP contribution in [0.15, 0.2) is 24.3 Å². The zero-order chi connectivity index (χ0) is 15.2. The Bertz CT molecular complexity index is 515. The molecule has 1 atom stereocenters. The van der Waals surface area contributed by atoms with Crippen LogP contribution in [0.3, 0.4) is 0 Å². The fourth-order valence-corrected chi connectivity index (χ4v) is 2.34. The standard InChI is InChI=1S/C16H21NO4/c1-3-14(16(19)20-4-2)21-13-8-5-7-12(11-13)17-10-6-9-15(17)18/h5,7-8,11,14H,3-4,6,9-10H2,1-2H3. The molecule has 21 heavy (non-hydrogen) atoms. The van der Waals surface area contributed by atoms with Crippen LogP contribution in [-0.4, -0.2) is 31.1 Å². The summed E-state index contributed by atoms with van der Waals surface area (Å²) >= 11 is 0. The third-order valence-electron chi connectivity index (χ3n) is 3.40. The first-order valence-electron chi connectivity index (χ1n) is 7.39.